The van der Waals surface area contributed by atoms with Gasteiger partial charge in [0.1, 0.15) is 0 Å². The van der Waals surface area contributed by atoms with Crippen LogP contribution >= 0.6 is 0 Å². The molecule has 2 fully saturated rings. The second-order valence-corrected chi connectivity index (χ2v) is 6.15. The monoisotopic (exact) mass is 237 g/mol. The molecule has 0 radical (unpaired) electrons. The van der Waals surface area contributed by atoms with Crippen LogP contribution in [0.2, 0.25) is 0 Å². The molecule has 17 heavy (non-hydrogen) atoms. The lowest BCUT2D eigenvalue weighted by Gasteiger charge is -2.29. The van der Waals surface area contributed by atoms with E-state index in [4.69, 9.17) is 0 Å². The zero-order chi connectivity index (χ0) is 12.4. The first-order chi connectivity index (χ1) is 8.15. The smallest absolute Gasteiger partial charge is 0.223 e. The van der Waals surface area contributed by atoms with E-state index >= 15 is 0 Å². The molecule has 2 rings (SSSR count). The highest BCUT2D eigenvalue weighted by Gasteiger charge is 2.42. The quantitative estimate of drug-likeness (QED) is 0.780. The topological polar surface area (TPSA) is 29.1 Å². The van der Waals surface area contributed by atoms with Crippen molar-refractivity contribution in [3.63, 3.8) is 0 Å². The van der Waals surface area contributed by atoms with Gasteiger partial charge in [-0.05, 0) is 56.8 Å². The number of hydrogen-bond donors (Lipinski definition) is 1. The third kappa shape index (κ3) is 2.66. The summed E-state index contributed by atoms with van der Waals surface area (Å²) < 4.78 is 0. The third-order valence-corrected chi connectivity index (χ3v) is 5.16. The van der Waals surface area contributed by atoms with Crippen molar-refractivity contribution in [1.82, 2.24) is 5.32 Å². The molecule has 2 aliphatic carbocycles. The summed E-state index contributed by atoms with van der Waals surface area (Å²) in [5.74, 6) is 3.13. The zero-order valence-corrected chi connectivity index (χ0v) is 11.5. The Hall–Kier alpha value is -0.530. The second-order valence-electron chi connectivity index (χ2n) is 6.15. The fraction of sp³-hybridized carbons (Fsp3) is 0.933. The molecule has 2 nitrogen and oxygen atoms in total. The Labute approximate surface area is 106 Å². The summed E-state index contributed by atoms with van der Waals surface area (Å²) in [5.41, 5.74) is 0. The summed E-state index contributed by atoms with van der Waals surface area (Å²) in [6, 6.07) is 0.387. The van der Waals surface area contributed by atoms with Gasteiger partial charge in [0.15, 0.2) is 0 Å². The van der Waals surface area contributed by atoms with Crippen molar-refractivity contribution in [2.24, 2.45) is 23.7 Å². The number of rotatable bonds is 5. The SMILES string of the molecule is CCC(CC)C(=O)N[C@@H](C)[C@H]1C[C@H]2CC[C@H]1C2. The van der Waals surface area contributed by atoms with E-state index in [1.807, 2.05) is 0 Å². The summed E-state index contributed by atoms with van der Waals surface area (Å²) >= 11 is 0. The van der Waals surface area contributed by atoms with Crippen LogP contribution in [0.1, 0.15) is 59.3 Å². The molecule has 0 aromatic heterocycles. The number of fused-ring (bicyclic) bond motifs is 2. The lowest BCUT2D eigenvalue weighted by molar-refractivity contribution is -0.126. The molecule has 0 aromatic rings. The summed E-state index contributed by atoms with van der Waals surface area (Å²) in [4.78, 5) is 12.1. The van der Waals surface area contributed by atoms with E-state index in [9.17, 15) is 4.79 Å². The van der Waals surface area contributed by atoms with E-state index in [0.29, 0.717) is 6.04 Å². The molecule has 98 valence electrons. The average molecular weight is 237 g/mol. The first-order valence-corrected chi connectivity index (χ1v) is 7.46. The van der Waals surface area contributed by atoms with Crippen LogP contribution in [0.4, 0.5) is 0 Å². The number of carbonyl (C=O) groups excluding carboxylic acids is 1. The maximum atomic E-state index is 12.1. The molecule has 1 N–H and O–H groups in total. The van der Waals surface area contributed by atoms with E-state index in [-0.39, 0.29) is 11.8 Å². The molecular formula is C15H27NO. The molecule has 2 bridgehead atoms. The summed E-state index contributed by atoms with van der Waals surface area (Å²) in [6.07, 6.45) is 7.55. The Morgan fingerprint density at radius 1 is 1.24 bits per heavy atom. The normalized spacial score (nSPS) is 33.1. The van der Waals surface area contributed by atoms with Gasteiger partial charge in [0.2, 0.25) is 5.91 Å². The van der Waals surface area contributed by atoms with Gasteiger partial charge in [-0.2, -0.15) is 0 Å². The number of carbonyl (C=O) groups is 1. The van der Waals surface area contributed by atoms with Gasteiger partial charge < -0.3 is 5.32 Å². The van der Waals surface area contributed by atoms with Gasteiger partial charge in [-0.25, -0.2) is 0 Å². The van der Waals surface area contributed by atoms with Gasteiger partial charge in [0, 0.05) is 12.0 Å². The molecule has 4 atom stereocenters. The summed E-state index contributed by atoms with van der Waals surface area (Å²) in [6.45, 7) is 6.43. The molecular weight excluding hydrogens is 210 g/mol. The minimum absolute atomic E-state index is 0.219. The Morgan fingerprint density at radius 3 is 2.41 bits per heavy atom. The summed E-state index contributed by atoms with van der Waals surface area (Å²) in [7, 11) is 0. The zero-order valence-electron chi connectivity index (χ0n) is 11.5. The van der Waals surface area contributed by atoms with E-state index < -0.39 is 0 Å². The maximum absolute atomic E-state index is 12.1. The van der Waals surface area contributed by atoms with Crippen molar-refractivity contribution in [2.45, 2.75) is 65.3 Å². The van der Waals surface area contributed by atoms with E-state index in [1.54, 1.807) is 0 Å². The van der Waals surface area contributed by atoms with Gasteiger partial charge in [0.05, 0.1) is 0 Å². The Kier molecular flexibility index (Phi) is 4.11. The minimum Gasteiger partial charge on any atom is -0.353 e. The van der Waals surface area contributed by atoms with E-state index in [1.165, 1.54) is 25.7 Å². The van der Waals surface area contributed by atoms with Crippen LogP contribution < -0.4 is 5.32 Å². The van der Waals surface area contributed by atoms with Crippen LogP contribution in [-0.4, -0.2) is 11.9 Å². The number of hydrogen-bond acceptors (Lipinski definition) is 1. The van der Waals surface area contributed by atoms with Crippen molar-refractivity contribution in [3.05, 3.63) is 0 Å². The van der Waals surface area contributed by atoms with E-state index in [0.717, 1.165) is 30.6 Å². The Bertz CT molecular complexity index is 272. The molecule has 0 aliphatic heterocycles. The highest BCUT2D eigenvalue weighted by atomic mass is 16.1. The van der Waals surface area contributed by atoms with Gasteiger partial charge in [-0.15, -0.1) is 0 Å². The van der Waals surface area contributed by atoms with Gasteiger partial charge >= 0.3 is 0 Å². The van der Waals surface area contributed by atoms with Crippen molar-refractivity contribution < 1.29 is 4.79 Å². The molecule has 2 heteroatoms. The van der Waals surface area contributed by atoms with Crippen LogP contribution in [0.15, 0.2) is 0 Å². The van der Waals surface area contributed by atoms with E-state index in [2.05, 4.69) is 26.1 Å². The third-order valence-electron chi connectivity index (χ3n) is 5.16. The van der Waals surface area contributed by atoms with Crippen LogP contribution in [0.3, 0.4) is 0 Å². The fourth-order valence-corrected chi connectivity index (χ4v) is 4.02. The average Bonchev–Trinajstić information content (AvgIpc) is 2.92. The van der Waals surface area contributed by atoms with Crippen LogP contribution in [0.5, 0.6) is 0 Å². The fourth-order valence-electron chi connectivity index (χ4n) is 4.02. The second kappa shape index (κ2) is 5.41. The molecule has 0 saturated heterocycles. The van der Waals surface area contributed by atoms with Crippen molar-refractivity contribution in [1.29, 1.82) is 0 Å². The molecule has 2 aliphatic rings. The van der Waals surface area contributed by atoms with Crippen molar-refractivity contribution >= 4 is 5.91 Å². The minimum atomic E-state index is 0.219. The van der Waals surface area contributed by atoms with Crippen LogP contribution in [0.25, 0.3) is 0 Å². The lowest BCUT2D eigenvalue weighted by Crippen LogP contribution is -2.42. The van der Waals surface area contributed by atoms with Crippen molar-refractivity contribution in [3.8, 4) is 0 Å². The largest absolute Gasteiger partial charge is 0.353 e. The standard InChI is InChI=1S/C15H27NO/c1-4-12(5-2)15(17)16-10(3)14-9-11-6-7-13(14)8-11/h10-14H,4-9H2,1-3H3,(H,16,17)/t10-,11-,13-,14+/m0/s1. The molecule has 0 aromatic carbocycles. The molecule has 0 heterocycles. The van der Waals surface area contributed by atoms with Gasteiger partial charge in [-0.1, -0.05) is 20.3 Å². The highest BCUT2D eigenvalue weighted by Crippen LogP contribution is 2.49. The lowest BCUT2D eigenvalue weighted by atomic mass is 9.83. The van der Waals surface area contributed by atoms with Crippen LogP contribution in [0, 0.1) is 23.7 Å². The highest BCUT2D eigenvalue weighted by molar-refractivity contribution is 5.78. The predicted octanol–water partition coefficient (Wildman–Crippen LogP) is 3.36. The van der Waals surface area contributed by atoms with Gasteiger partial charge in [-0.3, -0.25) is 4.79 Å². The molecule has 2 saturated carbocycles. The molecule has 0 spiro atoms. The maximum Gasteiger partial charge on any atom is 0.223 e. The predicted molar refractivity (Wildman–Crippen MR) is 70.6 cm³/mol. The summed E-state index contributed by atoms with van der Waals surface area (Å²) in [5, 5.41) is 3.27. The van der Waals surface area contributed by atoms with Crippen LogP contribution in [-0.2, 0) is 4.79 Å². The Morgan fingerprint density at radius 2 is 1.94 bits per heavy atom. The van der Waals surface area contributed by atoms with Gasteiger partial charge in [0.25, 0.3) is 0 Å². The molecule has 0 unspecified atom stereocenters. The Balaban J connectivity index is 1.84. The number of nitrogens with one attached hydrogen (secondary N) is 1. The first kappa shape index (κ1) is 12.9. The molecule has 1 amide bonds. The first-order valence-electron chi connectivity index (χ1n) is 7.46. The van der Waals surface area contributed by atoms with Crippen molar-refractivity contribution in [2.75, 3.05) is 0 Å². The number of amides is 1.